The number of methoxy groups -OCH3 is 8. The minimum Gasteiger partial charge on any atom is -0.469 e. The maximum Gasteiger partial charge on any atom is 0.338 e. The number of amides is 6. The molecule has 0 bridgehead atoms. The lowest BCUT2D eigenvalue weighted by Gasteiger charge is -2.44. The van der Waals surface area contributed by atoms with E-state index in [1.165, 1.54) is 94.6 Å². The van der Waals surface area contributed by atoms with Crippen LogP contribution in [0, 0.1) is 17.6 Å². The van der Waals surface area contributed by atoms with Gasteiger partial charge in [0.1, 0.15) is 23.7 Å². The highest BCUT2D eigenvalue weighted by atomic mass is 35.5. The second-order valence-corrected chi connectivity index (χ2v) is 32.9. The number of anilines is 3. The molecule has 10 heterocycles. The van der Waals surface area contributed by atoms with Gasteiger partial charge in [-0.3, -0.25) is 48.9 Å². The van der Waals surface area contributed by atoms with Crippen LogP contribution in [-0.4, -0.2) is 266 Å². The highest BCUT2D eigenvalue weighted by molar-refractivity contribution is 7.12. The Labute approximate surface area is 729 Å². The highest BCUT2D eigenvalue weighted by Crippen LogP contribution is 2.42. The molecule has 0 spiro atoms. The number of ether oxygens (including phenoxy) is 8. The van der Waals surface area contributed by atoms with Gasteiger partial charge in [-0.2, -0.15) is 0 Å². The van der Waals surface area contributed by atoms with E-state index in [1.54, 1.807) is 43.5 Å². The molecule has 123 heavy (non-hydrogen) atoms. The van der Waals surface area contributed by atoms with Crippen molar-refractivity contribution in [2.45, 2.75) is 93.7 Å². The highest BCUT2D eigenvalue weighted by Gasteiger charge is 2.51. The molecule has 5 aromatic carbocycles. The zero-order valence-corrected chi connectivity index (χ0v) is 72.5. The van der Waals surface area contributed by atoms with E-state index in [1.807, 2.05) is 103 Å². The molecular weight excluding hydrogens is 1670 g/mol. The van der Waals surface area contributed by atoms with Crippen molar-refractivity contribution < 1.29 is 85.0 Å². The Hall–Kier alpha value is -10.8. The number of hydrogen-bond acceptors (Lipinski definition) is 26. The van der Waals surface area contributed by atoms with Gasteiger partial charge in [-0.1, -0.05) is 71.7 Å². The third-order valence-corrected chi connectivity index (χ3v) is 25.5. The second-order valence-electron chi connectivity index (χ2n) is 30.3. The number of amidine groups is 2. The molecule has 2 aromatic heterocycles. The van der Waals surface area contributed by atoms with Crippen LogP contribution in [0.2, 0.25) is 10.0 Å². The fourth-order valence-electron chi connectivity index (χ4n) is 17.0. The van der Waals surface area contributed by atoms with Crippen molar-refractivity contribution in [3.8, 4) is 0 Å². The van der Waals surface area contributed by atoms with E-state index in [4.69, 9.17) is 66.3 Å². The van der Waals surface area contributed by atoms with Crippen LogP contribution in [-0.2, 0) is 81.1 Å². The normalized spacial score (nSPS) is 21.3. The Morgan fingerprint density at radius 1 is 0.463 bits per heavy atom. The van der Waals surface area contributed by atoms with Crippen molar-refractivity contribution in [2.24, 2.45) is 15.9 Å². The zero-order chi connectivity index (χ0) is 87.1. The predicted molar refractivity (Wildman–Crippen MR) is 459 cm³/mol. The van der Waals surface area contributed by atoms with E-state index in [2.05, 4.69) is 35.1 Å². The fraction of sp³-hybridized carbons (Fsp3) is 0.425. The molecule has 8 aliphatic rings. The van der Waals surface area contributed by atoms with Crippen LogP contribution in [0.15, 0.2) is 165 Å². The number of halogens is 4. The Bertz CT molecular complexity index is 4830. The van der Waals surface area contributed by atoms with Gasteiger partial charge in [0.2, 0.25) is 0 Å². The standard InChI is InChI=1S/2C34H36ClFN6O6S.C19H26N2O4/c2*1-46-19-27-26-18-42(22-8-4-20(5-9-22)6-11-28(43)47-2)34(45)41(26)14-13-40(27)17-25-29(33(44)48-3)30(23-10-7-21(36)16-24(23)35)39-31(38-25)32-37-12-15-49-32;1-24-13-15-4-3-11-20-17(15)12-21(19(20)23)16-8-5-14(6-9-16)7-10-18(22)25-2/h2*4-5,7-10,12,15-16,26-27,30H,6,11,13-14,17-19H2,1-3H3,(H,38,39);5-6,8-9,15,17H,3-4,7,10-13H2,1-2H3/t26-,27-,30+;26-,27-,30-;/m10./s1. The smallest absolute Gasteiger partial charge is 0.338 e. The first-order valence-corrected chi connectivity index (χ1v) is 42.8. The van der Waals surface area contributed by atoms with Gasteiger partial charge in [0.15, 0.2) is 21.7 Å². The van der Waals surface area contributed by atoms with Crippen LogP contribution in [0.25, 0.3) is 0 Å². The van der Waals surface area contributed by atoms with Crippen molar-refractivity contribution in [1.29, 1.82) is 0 Å². The molecule has 2 unspecified atom stereocenters. The Kier molecular flexibility index (Phi) is 30.4. The Morgan fingerprint density at radius 3 is 1.16 bits per heavy atom. The maximum absolute atomic E-state index is 14.1. The first kappa shape index (κ1) is 89.9. The number of esters is 5. The van der Waals surface area contributed by atoms with E-state index < -0.39 is 35.7 Å². The molecule has 7 aromatic rings. The SMILES string of the molecule is COCC1CCCN2C(=O)N(c3ccc(CCC(=O)OC)cc3)CC12.COC[C@@H]1[C@H]2CN(c3ccc(CCC(=O)OC)cc3)C(=O)N2CCN1CC1=C(C(=O)OC)[C@H](c2ccc(F)cc2Cl)N=C(c2nccs2)N1.COC[C@H]1[C@@H]2CN(c3ccc(CCC(=O)OC)cc3)C(=O)N2CCN1CC1=C(C(=O)OC)[C@H](c2ccc(F)cc2Cl)N=C(c2nccs2)N1. The number of nitrogens with zero attached hydrogens (tertiary/aromatic N) is 12. The summed E-state index contributed by atoms with van der Waals surface area (Å²) in [5.74, 6) is -1.68. The first-order valence-electron chi connectivity index (χ1n) is 40.3. The van der Waals surface area contributed by atoms with Crippen molar-refractivity contribution in [3.05, 3.63) is 214 Å². The van der Waals surface area contributed by atoms with Crippen LogP contribution in [0.4, 0.5) is 40.2 Å². The number of aryl methyl sites for hydroxylation is 3. The van der Waals surface area contributed by atoms with Gasteiger partial charge in [-0.15, -0.1) is 22.7 Å². The average molecular weight is 1770 g/mol. The van der Waals surface area contributed by atoms with Gasteiger partial charge >= 0.3 is 47.9 Å². The molecule has 6 saturated heterocycles. The lowest BCUT2D eigenvalue weighted by Crippen LogP contribution is -2.61. The van der Waals surface area contributed by atoms with Crippen molar-refractivity contribution >= 4 is 123 Å². The topological polar surface area (TPSA) is 311 Å². The van der Waals surface area contributed by atoms with Gasteiger partial charge in [0, 0.05) is 185 Å². The summed E-state index contributed by atoms with van der Waals surface area (Å²) in [5, 5.41) is 11.8. The number of aliphatic imine (C=N–C) groups is 2. The number of fused-ring (bicyclic) bond motifs is 3. The summed E-state index contributed by atoms with van der Waals surface area (Å²) in [5.41, 5.74) is 7.90. The van der Waals surface area contributed by atoms with E-state index in [9.17, 15) is 47.1 Å². The summed E-state index contributed by atoms with van der Waals surface area (Å²) >= 11 is 15.8. The molecule has 6 fully saturated rings. The molecule has 0 saturated carbocycles. The number of benzene rings is 5. The quantitative estimate of drug-likeness (QED) is 0.0340. The van der Waals surface area contributed by atoms with Gasteiger partial charge in [0.25, 0.3) is 0 Å². The van der Waals surface area contributed by atoms with Gasteiger partial charge in [-0.05, 0) is 109 Å². The number of carbonyl (C=O) groups is 8. The third-order valence-electron chi connectivity index (χ3n) is 23.2. The lowest BCUT2D eigenvalue weighted by atomic mass is 9.91. The van der Waals surface area contributed by atoms with E-state index in [-0.39, 0.29) is 113 Å². The van der Waals surface area contributed by atoms with Gasteiger partial charge in [0.05, 0.1) is 96.7 Å². The first-order chi connectivity index (χ1) is 59.6. The van der Waals surface area contributed by atoms with Crippen LogP contribution in [0.5, 0.6) is 0 Å². The number of rotatable bonds is 28. The number of piperazine rings is 2. The summed E-state index contributed by atoms with van der Waals surface area (Å²) in [6, 6.07) is 28.6. The second kappa shape index (κ2) is 41.6. The van der Waals surface area contributed by atoms with Crippen LogP contribution < -0.4 is 25.3 Å². The molecule has 30 nitrogen and oxygen atoms in total. The molecule has 652 valence electrons. The molecule has 36 heteroatoms. The lowest BCUT2D eigenvalue weighted by molar-refractivity contribution is -0.141. The predicted octanol–water partition coefficient (Wildman–Crippen LogP) is 10.9. The molecular formula is C87H98Cl2F2N14O16S2. The molecule has 8 aliphatic heterocycles. The monoisotopic (exact) mass is 1770 g/mol. The molecule has 2 N–H and O–H groups in total. The molecule has 0 radical (unpaired) electrons. The number of aromatic nitrogens is 2. The van der Waals surface area contributed by atoms with E-state index in [0.717, 1.165) is 53.1 Å². The third kappa shape index (κ3) is 20.7. The number of carbonyl (C=O) groups excluding carboxylic acids is 8. The fourth-order valence-corrected chi connectivity index (χ4v) is 18.7. The van der Waals surface area contributed by atoms with E-state index in [0.29, 0.717) is 141 Å². The number of nitrogens with one attached hydrogen (secondary N) is 2. The van der Waals surface area contributed by atoms with Crippen LogP contribution >= 0.6 is 45.9 Å². The van der Waals surface area contributed by atoms with Gasteiger partial charge < -0.3 is 63.2 Å². The summed E-state index contributed by atoms with van der Waals surface area (Å²) in [4.78, 5) is 136. The van der Waals surface area contributed by atoms with E-state index >= 15 is 0 Å². The average Bonchev–Trinajstić information content (AvgIpc) is 1.66. The minimum atomic E-state index is -0.892. The van der Waals surface area contributed by atoms with Crippen LogP contribution in [0.1, 0.15) is 82.0 Å². The van der Waals surface area contributed by atoms with Gasteiger partial charge in [-0.25, -0.2) is 42.7 Å². The summed E-state index contributed by atoms with van der Waals surface area (Å²) in [6.45, 7) is 6.23. The molecule has 0 aliphatic carbocycles. The minimum absolute atomic E-state index is 0.0908. The van der Waals surface area contributed by atoms with Crippen LogP contribution in [0.3, 0.4) is 0 Å². The largest absolute Gasteiger partial charge is 0.469 e. The Balaban J connectivity index is 0.000000167. The molecule has 6 amide bonds. The number of hydrogen-bond donors (Lipinski definition) is 2. The van der Waals surface area contributed by atoms with Crippen molar-refractivity contribution in [3.63, 3.8) is 0 Å². The number of thiazole rings is 2. The number of urea groups is 3. The maximum atomic E-state index is 14.1. The number of piperidine rings is 1. The summed E-state index contributed by atoms with van der Waals surface area (Å²) in [7, 11) is 11.7. The summed E-state index contributed by atoms with van der Waals surface area (Å²) in [6.07, 6.45) is 8.13. The van der Waals surface area contributed by atoms with Crippen molar-refractivity contribution in [2.75, 3.05) is 157 Å². The Morgan fingerprint density at radius 2 is 0.829 bits per heavy atom. The molecule has 15 rings (SSSR count). The zero-order valence-electron chi connectivity index (χ0n) is 69.4. The van der Waals surface area contributed by atoms with Crippen molar-refractivity contribution in [1.82, 2.24) is 45.1 Å². The summed E-state index contributed by atoms with van der Waals surface area (Å²) < 4.78 is 69.6. The molecule has 8 atom stereocenters.